The molecule has 4 aliphatic rings. The fourth-order valence-corrected chi connectivity index (χ4v) is 7.26. The van der Waals surface area contributed by atoms with Crippen LogP contribution in [-0.4, -0.2) is 78.2 Å². The monoisotopic (exact) mass is 468 g/mol. The lowest BCUT2D eigenvalue weighted by molar-refractivity contribution is 0.0904. The topological polar surface area (TPSA) is 14.7 Å². The number of likely N-dealkylation sites (N-methyl/N-ethyl adjacent to an activating group) is 1. The molecular weight excluding hydrogens is 428 g/mol. The highest BCUT2D eigenvalue weighted by Crippen LogP contribution is 2.55. The number of hydrogen-bond acceptors (Lipinski definition) is 3. The molecule has 1 aliphatic carbocycles. The second-order valence-electron chi connectivity index (χ2n) is 11.2. The van der Waals surface area contributed by atoms with Crippen LogP contribution in [0.25, 0.3) is 0 Å². The van der Waals surface area contributed by atoms with Crippen molar-refractivity contribution < 1.29 is 0 Å². The molecule has 3 saturated heterocycles. The molecule has 35 heavy (non-hydrogen) atoms. The summed E-state index contributed by atoms with van der Waals surface area (Å²) in [5, 5.41) is 0. The third-order valence-corrected chi connectivity index (χ3v) is 9.22. The molecule has 2 atom stereocenters. The number of hydrogen-bond donors (Lipinski definition) is 0. The van der Waals surface area contributed by atoms with E-state index in [4.69, 9.17) is 0 Å². The predicted octanol–water partition coefficient (Wildman–Crippen LogP) is 4.87. The van der Waals surface area contributed by atoms with E-state index < -0.39 is 0 Å². The molecule has 0 amide bonds. The second-order valence-corrected chi connectivity index (χ2v) is 11.2. The van der Waals surface area contributed by atoms with Gasteiger partial charge in [0.15, 0.2) is 0 Å². The maximum Gasteiger partial charge on any atom is 0.0464 e. The van der Waals surface area contributed by atoms with Crippen molar-refractivity contribution in [3.8, 4) is 0 Å². The van der Waals surface area contributed by atoms with Gasteiger partial charge in [-0.25, -0.2) is 0 Å². The van der Waals surface area contributed by atoms with E-state index in [1.165, 1.54) is 76.2 Å². The molecule has 0 spiro atoms. The lowest BCUT2D eigenvalue weighted by atomic mass is 9.64. The van der Waals surface area contributed by atoms with Gasteiger partial charge in [0, 0.05) is 81.6 Å². The minimum absolute atomic E-state index is 0.170. The number of rotatable bonds is 6. The zero-order chi connectivity index (χ0) is 23.7. The van der Waals surface area contributed by atoms with Gasteiger partial charge >= 0.3 is 0 Å². The Morgan fingerprint density at radius 2 is 1.26 bits per heavy atom. The predicted molar refractivity (Wildman–Crippen MR) is 144 cm³/mol. The van der Waals surface area contributed by atoms with Crippen LogP contribution >= 0.6 is 0 Å². The maximum atomic E-state index is 2.89. The second kappa shape index (κ2) is 9.93. The Hall–Kier alpha value is -2.40. The molecule has 0 N–H and O–H groups in total. The van der Waals surface area contributed by atoms with E-state index >= 15 is 0 Å². The van der Waals surface area contributed by atoms with E-state index in [0.29, 0.717) is 17.9 Å². The number of fused-ring (bicyclic) bond motifs is 4. The Labute approximate surface area is 211 Å². The standard InChI is InChI=1S/C31H40N4/c1-32-18-20-33(21-19-32)22-23-34-17-14-31(35-15-8-9-16-35)24-28(26-10-4-2-5-11-26)30(34)29(25-31)27-12-6-3-7-13-27/h2-13,15-16,28-30H,14,17-25H2,1H3. The first kappa shape index (κ1) is 23.0. The Balaban J connectivity index is 1.38. The molecule has 2 bridgehead atoms. The summed E-state index contributed by atoms with van der Waals surface area (Å²) in [7, 11) is 2.25. The highest BCUT2D eigenvalue weighted by Gasteiger charge is 2.52. The number of aromatic nitrogens is 1. The van der Waals surface area contributed by atoms with Crippen LogP contribution < -0.4 is 0 Å². The van der Waals surface area contributed by atoms with Crippen LogP contribution in [0.5, 0.6) is 0 Å². The minimum atomic E-state index is 0.170. The van der Waals surface area contributed by atoms with Crippen LogP contribution in [0.4, 0.5) is 0 Å². The lowest BCUT2D eigenvalue weighted by Gasteiger charge is -2.49. The molecule has 4 heterocycles. The highest BCUT2D eigenvalue weighted by molar-refractivity contribution is 5.32. The van der Waals surface area contributed by atoms with Gasteiger partial charge in [-0.15, -0.1) is 0 Å². The first-order chi connectivity index (χ1) is 17.2. The van der Waals surface area contributed by atoms with Crippen LogP contribution in [-0.2, 0) is 5.54 Å². The van der Waals surface area contributed by atoms with Crippen molar-refractivity contribution in [2.24, 2.45) is 0 Å². The van der Waals surface area contributed by atoms with Gasteiger partial charge in [-0.2, -0.15) is 0 Å². The van der Waals surface area contributed by atoms with Gasteiger partial charge in [-0.05, 0) is 49.6 Å². The van der Waals surface area contributed by atoms with Gasteiger partial charge in [-0.1, -0.05) is 60.7 Å². The van der Waals surface area contributed by atoms with Crippen molar-refractivity contribution in [3.63, 3.8) is 0 Å². The molecule has 4 nitrogen and oxygen atoms in total. The molecule has 3 aliphatic heterocycles. The Kier molecular flexibility index (Phi) is 6.53. The van der Waals surface area contributed by atoms with Crippen molar-refractivity contribution in [1.29, 1.82) is 0 Å². The number of nitrogens with zero attached hydrogens (tertiary/aromatic N) is 4. The van der Waals surface area contributed by atoms with Crippen LogP contribution in [0.2, 0.25) is 0 Å². The summed E-state index contributed by atoms with van der Waals surface area (Å²) in [5.74, 6) is 1.07. The molecule has 3 aromatic rings. The first-order valence-electron chi connectivity index (χ1n) is 13.6. The largest absolute Gasteiger partial charge is 0.348 e. The van der Waals surface area contributed by atoms with Gasteiger partial charge in [0.05, 0.1) is 0 Å². The van der Waals surface area contributed by atoms with Crippen molar-refractivity contribution >= 4 is 0 Å². The summed E-state index contributed by atoms with van der Waals surface area (Å²) in [6.45, 7) is 8.33. The van der Waals surface area contributed by atoms with Crippen LogP contribution in [0.3, 0.4) is 0 Å². The minimum Gasteiger partial charge on any atom is -0.348 e. The third-order valence-electron chi connectivity index (χ3n) is 9.22. The first-order valence-corrected chi connectivity index (χ1v) is 13.6. The van der Waals surface area contributed by atoms with Gasteiger partial charge in [0.1, 0.15) is 0 Å². The summed E-state index contributed by atoms with van der Waals surface area (Å²) in [6.07, 6.45) is 8.33. The molecule has 2 unspecified atom stereocenters. The summed E-state index contributed by atoms with van der Waals surface area (Å²) < 4.78 is 2.57. The zero-order valence-electron chi connectivity index (χ0n) is 21.2. The quantitative estimate of drug-likeness (QED) is 0.513. The summed E-state index contributed by atoms with van der Waals surface area (Å²) in [5.41, 5.74) is 3.20. The van der Waals surface area contributed by atoms with E-state index in [1.54, 1.807) is 0 Å². The van der Waals surface area contributed by atoms with E-state index in [1.807, 2.05) is 0 Å². The average Bonchev–Trinajstić information content (AvgIpc) is 3.36. The van der Waals surface area contributed by atoms with Crippen molar-refractivity contribution in [3.05, 3.63) is 96.3 Å². The molecule has 4 fully saturated rings. The van der Waals surface area contributed by atoms with E-state index in [0.717, 1.165) is 0 Å². The Morgan fingerprint density at radius 1 is 0.686 bits per heavy atom. The number of benzene rings is 2. The van der Waals surface area contributed by atoms with Gasteiger partial charge < -0.3 is 9.47 Å². The molecule has 0 radical (unpaired) electrons. The maximum absolute atomic E-state index is 2.89. The molecule has 1 saturated carbocycles. The van der Waals surface area contributed by atoms with Gasteiger partial charge in [0.25, 0.3) is 0 Å². The van der Waals surface area contributed by atoms with Crippen molar-refractivity contribution in [1.82, 2.24) is 19.3 Å². The zero-order valence-corrected chi connectivity index (χ0v) is 21.2. The third kappa shape index (κ3) is 4.60. The fraction of sp³-hybridized carbons (Fsp3) is 0.484. The molecule has 184 valence electrons. The van der Waals surface area contributed by atoms with E-state index in [9.17, 15) is 0 Å². The van der Waals surface area contributed by atoms with Crippen molar-refractivity contribution in [2.75, 3.05) is 52.9 Å². The van der Waals surface area contributed by atoms with Gasteiger partial charge in [0.2, 0.25) is 0 Å². The van der Waals surface area contributed by atoms with Crippen LogP contribution in [0.1, 0.15) is 42.2 Å². The van der Waals surface area contributed by atoms with E-state index in [2.05, 4.69) is 112 Å². The van der Waals surface area contributed by atoms with Crippen LogP contribution in [0.15, 0.2) is 85.2 Å². The summed E-state index contributed by atoms with van der Waals surface area (Å²) >= 11 is 0. The Bertz CT molecular complexity index is 1010. The smallest absolute Gasteiger partial charge is 0.0464 e. The summed E-state index contributed by atoms with van der Waals surface area (Å²) in [4.78, 5) is 8.04. The molecule has 2 aromatic carbocycles. The van der Waals surface area contributed by atoms with Crippen molar-refractivity contribution in [2.45, 2.75) is 42.7 Å². The molecule has 4 heteroatoms. The SMILES string of the molecule is CN1CCN(CCN2CCC3(n4cccc4)CC(c4ccccc4)C2C(c2ccccc2)C3)CC1. The van der Waals surface area contributed by atoms with Crippen LogP contribution in [0, 0.1) is 0 Å². The lowest BCUT2D eigenvalue weighted by Crippen LogP contribution is -2.51. The number of piperazine rings is 1. The van der Waals surface area contributed by atoms with Gasteiger partial charge in [-0.3, -0.25) is 9.80 Å². The molecule has 1 aromatic heterocycles. The highest BCUT2D eigenvalue weighted by atomic mass is 15.3. The van der Waals surface area contributed by atoms with E-state index in [-0.39, 0.29) is 5.54 Å². The molecular formula is C31H40N4. The Morgan fingerprint density at radius 3 is 1.83 bits per heavy atom. The molecule has 7 rings (SSSR count). The average molecular weight is 469 g/mol. The fourth-order valence-electron chi connectivity index (χ4n) is 7.26. The normalized spacial score (nSPS) is 30.4. The summed E-state index contributed by atoms with van der Waals surface area (Å²) in [6, 6.07) is 27.8.